The molecule has 0 aliphatic rings. The molecular formula is C13H19FO2. The molecule has 0 radical (unpaired) electrons. The molecule has 0 fully saturated rings. The number of ether oxygens (including phenoxy) is 1. The lowest BCUT2D eigenvalue weighted by atomic mass is 9.90. The molecule has 0 saturated heterocycles. The van der Waals surface area contributed by atoms with E-state index in [1.54, 1.807) is 25.1 Å². The van der Waals surface area contributed by atoms with Crippen molar-refractivity contribution in [3.8, 4) is 0 Å². The lowest BCUT2D eigenvalue weighted by Gasteiger charge is -2.33. The van der Waals surface area contributed by atoms with Crippen LogP contribution in [0.2, 0.25) is 0 Å². The number of benzene rings is 1. The van der Waals surface area contributed by atoms with Gasteiger partial charge >= 0.3 is 0 Å². The second kappa shape index (κ2) is 5.41. The van der Waals surface area contributed by atoms with Crippen molar-refractivity contribution in [2.75, 3.05) is 6.61 Å². The van der Waals surface area contributed by atoms with Gasteiger partial charge in [-0.1, -0.05) is 25.1 Å². The zero-order chi connectivity index (χ0) is 12.2. The fourth-order valence-corrected chi connectivity index (χ4v) is 1.73. The molecule has 16 heavy (non-hydrogen) atoms. The molecule has 3 heteroatoms. The highest BCUT2D eigenvalue weighted by atomic mass is 19.1. The van der Waals surface area contributed by atoms with Crippen LogP contribution < -0.4 is 0 Å². The van der Waals surface area contributed by atoms with Crippen LogP contribution in [-0.2, 0) is 4.74 Å². The van der Waals surface area contributed by atoms with Crippen LogP contribution in [0, 0.1) is 5.82 Å². The normalized spacial score (nSPS) is 16.8. The number of aliphatic hydroxyl groups is 1. The Bertz CT molecular complexity index is 340. The minimum absolute atomic E-state index is 0.292. The molecule has 1 aromatic carbocycles. The predicted molar refractivity (Wildman–Crippen MR) is 61.7 cm³/mol. The summed E-state index contributed by atoms with van der Waals surface area (Å²) in [6.07, 6.45) is -0.324. The van der Waals surface area contributed by atoms with Crippen molar-refractivity contribution < 1.29 is 14.2 Å². The van der Waals surface area contributed by atoms with Crippen LogP contribution in [0.15, 0.2) is 24.3 Å². The SMILES string of the molecule is CCOC(C)(CC)C(O)c1ccccc1F. The second-order valence-corrected chi connectivity index (χ2v) is 4.02. The van der Waals surface area contributed by atoms with Crippen molar-refractivity contribution >= 4 is 0 Å². The maximum absolute atomic E-state index is 13.5. The third-order valence-corrected chi connectivity index (χ3v) is 2.95. The van der Waals surface area contributed by atoms with E-state index in [1.165, 1.54) is 6.07 Å². The molecule has 0 amide bonds. The zero-order valence-corrected chi connectivity index (χ0v) is 10.0. The summed E-state index contributed by atoms with van der Waals surface area (Å²) < 4.78 is 19.1. The highest BCUT2D eigenvalue weighted by Gasteiger charge is 2.34. The smallest absolute Gasteiger partial charge is 0.129 e. The Labute approximate surface area is 96.1 Å². The van der Waals surface area contributed by atoms with Crippen molar-refractivity contribution in [2.45, 2.75) is 38.9 Å². The molecule has 0 heterocycles. The van der Waals surface area contributed by atoms with Gasteiger partial charge in [0, 0.05) is 12.2 Å². The van der Waals surface area contributed by atoms with Crippen LogP contribution in [0.3, 0.4) is 0 Å². The molecular weight excluding hydrogens is 207 g/mol. The van der Waals surface area contributed by atoms with Crippen molar-refractivity contribution in [2.24, 2.45) is 0 Å². The van der Waals surface area contributed by atoms with Crippen LogP contribution in [0.25, 0.3) is 0 Å². The van der Waals surface area contributed by atoms with Gasteiger partial charge in [-0.2, -0.15) is 0 Å². The molecule has 0 aliphatic heterocycles. The predicted octanol–water partition coefficient (Wildman–Crippen LogP) is 3.06. The summed E-state index contributed by atoms with van der Waals surface area (Å²) >= 11 is 0. The first-order valence-electron chi connectivity index (χ1n) is 5.61. The molecule has 1 rings (SSSR count). The van der Waals surface area contributed by atoms with Crippen LogP contribution in [0.4, 0.5) is 4.39 Å². The van der Waals surface area contributed by atoms with E-state index >= 15 is 0 Å². The Kier molecular flexibility index (Phi) is 4.44. The average Bonchev–Trinajstić information content (AvgIpc) is 2.29. The third kappa shape index (κ3) is 2.60. The number of hydrogen-bond donors (Lipinski definition) is 1. The number of aliphatic hydroxyl groups excluding tert-OH is 1. The average molecular weight is 226 g/mol. The molecule has 0 aromatic heterocycles. The van der Waals surface area contributed by atoms with Gasteiger partial charge in [0.2, 0.25) is 0 Å². The van der Waals surface area contributed by atoms with Gasteiger partial charge in [0.1, 0.15) is 11.9 Å². The Balaban J connectivity index is 2.99. The first-order valence-corrected chi connectivity index (χ1v) is 5.61. The minimum atomic E-state index is -0.946. The number of halogens is 1. The molecule has 2 atom stereocenters. The van der Waals surface area contributed by atoms with Gasteiger partial charge < -0.3 is 9.84 Å². The molecule has 0 bridgehead atoms. The zero-order valence-electron chi connectivity index (χ0n) is 10.0. The quantitative estimate of drug-likeness (QED) is 0.836. The van der Waals surface area contributed by atoms with Crippen LogP contribution in [-0.4, -0.2) is 17.3 Å². The fraction of sp³-hybridized carbons (Fsp3) is 0.538. The van der Waals surface area contributed by atoms with Crippen molar-refractivity contribution in [3.63, 3.8) is 0 Å². The van der Waals surface area contributed by atoms with Crippen molar-refractivity contribution in [3.05, 3.63) is 35.6 Å². The number of hydrogen-bond acceptors (Lipinski definition) is 2. The monoisotopic (exact) mass is 226 g/mol. The van der Waals surface area contributed by atoms with E-state index in [4.69, 9.17) is 4.74 Å². The van der Waals surface area contributed by atoms with Gasteiger partial charge in [-0.05, 0) is 26.3 Å². The van der Waals surface area contributed by atoms with Crippen LogP contribution in [0.1, 0.15) is 38.9 Å². The molecule has 2 unspecified atom stereocenters. The topological polar surface area (TPSA) is 29.5 Å². The van der Waals surface area contributed by atoms with Gasteiger partial charge in [0.15, 0.2) is 0 Å². The Morgan fingerprint density at radius 1 is 1.38 bits per heavy atom. The lowest BCUT2D eigenvalue weighted by Crippen LogP contribution is -2.36. The third-order valence-electron chi connectivity index (χ3n) is 2.95. The Hall–Kier alpha value is -0.930. The van der Waals surface area contributed by atoms with Gasteiger partial charge in [0.05, 0.1) is 5.60 Å². The fourth-order valence-electron chi connectivity index (χ4n) is 1.73. The van der Waals surface area contributed by atoms with E-state index in [2.05, 4.69) is 0 Å². The maximum Gasteiger partial charge on any atom is 0.129 e. The summed E-state index contributed by atoms with van der Waals surface area (Å²) in [5.74, 6) is -0.394. The van der Waals surface area contributed by atoms with Crippen LogP contribution in [0.5, 0.6) is 0 Å². The Morgan fingerprint density at radius 2 is 2.00 bits per heavy atom. The summed E-state index contributed by atoms with van der Waals surface area (Å²) in [4.78, 5) is 0. The minimum Gasteiger partial charge on any atom is -0.385 e. The maximum atomic E-state index is 13.5. The summed E-state index contributed by atoms with van der Waals surface area (Å²) in [5, 5.41) is 10.2. The summed E-state index contributed by atoms with van der Waals surface area (Å²) in [6.45, 7) is 6.07. The molecule has 1 aromatic rings. The highest BCUT2D eigenvalue weighted by Crippen LogP contribution is 2.33. The Morgan fingerprint density at radius 3 is 2.50 bits per heavy atom. The number of rotatable bonds is 5. The van der Waals surface area contributed by atoms with Crippen LogP contribution >= 0.6 is 0 Å². The molecule has 0 aliphatic carbocycles. The van der Waals surface area contributed by atoms with Gasteiger partial charge in [-0.3, -0.25) is 0 Å². The van der Waals surface area contributed by atoms with E-state index in [0.29, 0.717) is 18.6 Å². The van der Waals surface area contributed by atoms with E-state index < -0.39 is 17.5 Å². The molecule has 0 spiro atoms. The van der Waals surface area contributed by atoms with Crippen molar-refractivity contribution in [1.82, 2.24) is 0 Å². The molecule has 1 N–H and O–H groups in total. The van der Waals surface area contributed by atoms with E-state index in [1.807, 2.05) is 13.8 Å². The largest absolute Gasteiger partial charge is 0.385 e. The standard InChI is InChI=1S/C13H19FO2/c1-4-13(3,16-5-2)12(15)10-8-6-7-9-11(10)14/h6-9,12,15H,4-5H2,1-3H3. The second-order valence-electron chi connectivity index (χ2n) is 4.02. The summed E-state index contributed by atoms with van der Waals surface area (Å²) in [5.41, 5.74) is -0.447. The van der Waals surface area contributed by atoms with Gasteiger partial charge in [-0.25, -0.2) is 4.39 Å². The summed E-state index contributed by atoms with van der Waals surface area (Å²) in [7, 11) is 0. The van der Waals surface area contributed by atoms with Gasteiger partial charge in [-0.15, -0.1) is 0 Å². The van der Waals surface area contributed by atoms with E-state index in [0.717, 1.165) is 0 Å². The van der Waals surface area contributed by atoms with Crippen molar-refractivity contribution in [1.29, 1.82) is 0 Å². The summed E-state index contributed by atoms with van der Waals surface area (Å²) in [6, 6.07) is 6.26. The molecule has 0 saturated carbocycles. The molecule has 2 nitrogen and oxygen atoms in total. The first kappa shape index (κ1) is 13.1. The lowest BCUT2D eigenvalue weighted by molar-refractivity contribution is -0.114. The highest BCUT2D eigenvalue weighted by molar-refractivity contribution is 5.22. The van der Waals surface area contributed by atoms with E-state index in [9.17, 15) is 9.50 Å². The van der Waals surface area contributed by atoms with Gasteiger partial charge in [0.25, 0.3) is 0 Å². The first-order chi connectivity index (χ1) is 7.55. The van der Waals surface area contributed by atoms with E-state index in [-0.39, 0.29) is 0 Å². The molecule has 90 valence electrons.